The summed E-state index contributed by atoms with van der Waals surface area (Å²) in [5, 5.41) is 3.05. The normalized spacial score (nSPS) is 12.0. The molecule has 3 aromatic rings. The van der Waals surface area contributed by atoms with Crippen LogP contribution >= 0.6 is 0 Å². The highest BCUT2D eigenvalue weighted by Crippen LogP contribution is 2.30. The molecule has 152 valence electrons. The summed E-state index contributed by atoms with van der Waals surface area (Å²) in [5.41, 5.74) is 2.39. The molecule has 0 atom stereocenters. The fourth-order valence-corrected chi connectivity index (χ4v) is 2.91. The maximum absolute atomic E-state index is 12.5. The molecule has 1 aliphatic rings. The van der Waals surface area contributed by atoms with Crippen LogP contribution in [-0.2, 0) is 4.79 Å². The summed E-state index contributed by atoms with van der Waals surface area (Å²) in [7, 11) is 1.85. The van der Waals surface area contributed by atoms with E-state index in [9.17, 15) is 14.4 Å². The molecule has 4 rings (SSSR count). The van der Waals surface area contributed by atoms with E-state index >= 15 is 0 Å². The third-order valence-corrected chi connectivity index (χ3v) is 4.27. The summed E-state index contributed by atoms with van der Waals surface area (Å²) in [6.07, 6.45) is 0. The van der Waals surface area contributed by atoms with E-state index in [2.05, 4.69) is 5.32 Å². The number of carbonyl (C=O) groups is 3. The largest absolute Gasteiger partial charge is 0.457 e. The zero-order valence-electron chi connectivity index (χ0n) is 17.0. The minimum absolute atomic E-state index is 0.167. The summed E-state index contributed by atoms with van der Waals surface area (Å²) >= 11 is 0. The predicted octanol–water partition coefficient (Wildman–Crippen LogP) is 4.92. The van der Waals surface area contributed by atoms with Gasteiger partial charge in [0.1, 0.15) is 17.3 Å². The lowest BCUT2D eigenvalue weighted by Gasteiger charge is -2.14. The molecule has 0 saturated heterocycles. The Hall–Kier alpha value is -3.93. The number of ketones is 1. The molecule has 6 nitrogen and oxygen atoms in total. The number of hydrogen-bond donors (Lipinski definition) is 1. The topological polar surface area (TPSA) is 75.7 Å². The number of Topliss-reactive ketones (excluding diaryl/α,β-unsaturated/α-hetero) is 1. The SMILES string of the molecule is CC(C)=O.CNc1ccc(Oc2ccc(N3C(=O)c4ccccc4C3=O)cc2)cc1. The minimum atomic E-state index is -0.304. The van der Waals surface area contributed by atoms with Gasteiger partial charge in [-0.15, -0.1) is 0 Å². The molecule has 1 N–H and O–H groups in total. The molecule has 0 aromatic heterocycles. The molecule has 6 heteroatoms. The minimum Gasteiger partial charge on any atom is -0.457 e. The number of nitrogens with zero attached hydrogens (tertiary/aromatic N) is 1. The summed E-state index contributed by atoms with van der Waals surface area (Å²) < 4.78 is 5.79. The number of hydrogen-bond acceptors (Lipinski definition) is 5. The predicted molar refractivity (Wildman–Crippen MR) is 116 cm³/mol. The standard InChI is InChI=1S/C21H16N2O3.C3H6O/c1-22-14-6-10-16(11-7-14)26-17-12-8-15(9-13-17)23-20(24)18-4-2-3-5-19(18)21(23)25;1-3(2)4/h2-13,22H,1H3;1-2H3. The van der Waals surface area contributed by atoms with Crippen LogP contribution in [-0.4, -0.2) is 24.6 Å². The summed E-state index contributed by atoms with van der Waals surface area (Å²) in [6, 6.07) is 21.3. The van der Waals surface area contributed by atoms with Crippen LogP contribution in [0.2, 0.25) is 0 Å². The number of rotatable bonds is 4. The molecule has 0 radical (unpaired) electrons. The first kappa shape index (κ1) is 20.8. The number of nitrogens with one attached hydrogen (secondary N) is 1. The van der Waals surface area contributed by atoms with Crippen molar-refractivity contribution in [3.8, 4) is 11.5 Å². The van der Waals surface area contributed by atoms with Crippen molar-refractivity contribution in [2.24, 2.45) is 0 Å². The van der Waals surface area contributed by atoms with Gasteiger partial charge in [0.15, 0.2) is 0 Å². The zero-order chi connectivity index (χ0) is 21.7. The molecule has 30 heavy (non-hydrogen) atoms. The summed E-state index contributed by atoms with van der Waals surface area (Å²) in [5.74, 6) is 0.892. The molecule has 0 unspecified atom stereocenters. The average Bonchev–Trinajstić information content (AvgIpc) is 3.00. The van der Waals surface area contributed by atoms with Gasteiger partial charge >= 0.3 is 0 Å². The highest BCUT2D eigenvalue weighted by molar-refractivity contribution is 6.34. The fraction of sp³-hybridized carbons (Fsp3) is 0.125. The lowest BCUT2D eigenvalue weighted by Crippen LogP contribution is -2.29. The van der Waals surface area contributed by atoms with Crippen molar-refractivity contribution < 1.29 is 19.1 Å². The molecular formula is C24H22N2O4. The number of carbonyl (C=O) groups excluding carboxylic acids is 3. The highest BCUT2D eigenvalue weighted by Gasteiger charge is 2.36. The van der Waals surface area contributed by atoms with Gasteiger partial charge in [-0.05, 0) is 74.5 Å². The Morgan fingerprint density at radius 3 is 1.63 bits per heavy atom. The lowest BCUT2D eigenvalue weighted by atomic mass is 10.1. The fourth-order valence-electron chi connectivity index (χ4n) is 2.91. The monoisotopic (exact) mass is 402 g/mol. The van der Waals surface area contributed by atoms with Gasteiger partial charge in [-0.3, -0.25) is 9.59 Å². The summed E-state index contributed by atoms with van der Waals surface area (Å²) in [6.45, 7) is 3.06. The van der Waals surface area contributed by atoms with Crippen molar-refractivity contribution in [2.75, 3.05) is 17.3 Å². The van der Waals surface area contributed by atoms with Crippen LogP contribution in [0, 0.1) is 0 Å². The van der Waals surface area contributed by atoms with E-state index in [0.717, 1.165) is 5.69 Å². The number of imide groups is 1. The maximum Gasteiger partial charge on any atom is 0.266 e. The lowest BCUT2D eigenvalue weighted by molar-refractivity contribution is -0.115. The first-order valence-corrected chi connectivity index (χ1v) is 9.41. The Labute approximate surface area is 175 Å². The van der Waals surface area contributed by atoms with Crippen LogP contribution in [0.15, 0.2) is 72.8 Å². The Kier molecular flexibility index (Phi) is 6.27. The smallest absolute Gasteiger partial charge is 0.266 e. The summed E-state index contributed by atoms with van der Waals surface area (Å²) in [4.78, 5) is 35.7. The van der Waals surface area contributed by atoms with E-state index in [1.54, 1.807) is 48.5 Å². The number of benzene rings is 3. The quantitative estimate of drug-likeness (QED) is 0.627. The van der Waals surface area contributed by atoms with Gasteiger partial charge in [0.25, 0.3) is 11.8 Å². The van der Waals surface area contributed by atoms with Gasteiger partial charge in [0.2, 0.25) is 0 Å². The zero-order valence-corrected chi connectivity index (χ0v) is 17.0. The second-order valence-electron chi connectivity index (χ2n) is 6.77. The second-order valence-corrected chi connectivity index (χ2v) is 6.77. The molecule has 2 amide bonds. The van der Waals surface area contributed by atoms with Crippen LogP contribution in [0.25, 0.3) is 0 Å². The van der Waals surface area contributed by atoms with Crippen molar-refractivity contribution in [1.82, 2.24) is 0 Å². The van der Waals surface area contributed by atoms with Crippen LogP contribution in [0.5, 0.6) is 11.5 Å². The van der Waals surface area contributed by atoms with Gasteiger partial charge in [-0.2, -0.15) is 0 Å². The number of ether oxygens (including phenoxy) is 1. The van der Waals surface area contributed by atoms with Crippen molar-refractivity contribution in [3.05, 3.63) is 83.9 Å². The van der Waals surface area contributed by atoms with Gasteiger partial charge in [0, 0.05) is 12.7 Å². The van der Waals surface area contributed by atoms with E-state index in [-0.39, 0.29) is 17.6 Å². The van der Waals surface area contributed by atoms with Gasteiger partial charge < -0.3 is 14.8 Å². The van der Waals surface area contributed by atoms with Crippen LogP contribution < -0.4 is 15.0 Å². The number of fused-ring (bicyclic) bond motifs is 1. The van der Waals surface area contributed by atoms with Crippen molar-refractivity contribution in [3.63, 3.8) is 0 Å². The Morgan fingerprint density at radius 2 is 1.20 bits per heavy atom. The van der Waals surface area contributed by atoms with E-state index in [1.807, 2.05) is 31.3 Å². The first-order valence-electron chi connectivity index (χ1n) is 9.41. The second kappa shape index (κ2) is 9.05. The molecule has 0 spiro atoms. The molecule has 0 fully saturated rings. The van der Waals surface area contributed by atoms with Crippen molar-refractivity contribution in [2.45, 2.75) is 13.8 Å². The molecule has 1 heterocycles. The average molecular weight is 402 g/mol. The van der Waals surface area contributed by atoms with Crippen LogP contribution in [0.1, 0.15) is 34.6 Å². The Balaban J connectivity index is 0.000000589. The Morgan fingerprint density at radius 1 is 0.767 bits per heavy atom. The maximum atomic E-state index is 12.5. The molecular weight excluding hydrogens is 380 g/mol. The first-order chi connectivity index (χ1) is 14.4. The van der Waals surface area contributed by atoms with E-state index < -0.39 is 0 Å². The van der Waals surface area contributed by atoms with Crippen molar-refractivity contribution >= 4 is 29.0 Å². The number of amides is 2. The molecule has 0 aliphatic carbocycles. The van der Waals surface area contributed by atoms with Gasteiger partial charge in [-0.25, -0.2) is 4.90 Å². The third-order valence-electron chi connectivity index (χ3n) is 4.27. The number of anilines is 2. The molecule has 0 bridgehead atoms. The van der Waals surface area contributed by atoms with E-state index in [4.69, 9.17) is 4.74 Å². The molecule has 0 saturated carbocycles. The van der Waals surface area contributed by atoms with Gasteiger partial charge in [-0.1, -0.05) is 12.1 Å². The third kappa shape index (κ3) is 4.55. The highest BCUT2D eigenvalue weighted by atomic mass is 16.5. The van der Waals surface area contributed by atoms with Gasteiger partial charge in [0.05, 0.1) is 16.8 Å². The van der Waals surface area contributed by atoms with Crippen LogP contribution in [0.4, 0.5) is 11.4 Å². The van der Waals surface area contributed by atoms with E-state index in [0.29, 0.717) is 28.3 Å². The molecule has 1 aliphatic heterocycles. The van der Waals surface area contributed by atoms with Crippen LogP contribution in [0.3, 0.4) is 0 Å². The van der Waals surface area contributed by atoms with Crippen molar-refractivity contribution in [1.29, 1.82) is 0 Å². The van der Waals surface area contributed by atoms with E-state index in [1.165, 1.54) is 18.7 Å². The Bertz CT molecular complexity index is 1030. The molecule has 3 aromatic carbocycles.